The Labute approximate surface area is 139 Å². The zero-order valence-electron chi connectivity index (χ0n) is 12.5. The number of benzene rings is 2. The Kier molecular flexibility index (Phi) is 3.21. The molecular weight excluding hydrogens is 312 g/mol. The summed E-state index contributed by atoms with van der Waals surface area (Å²) in [5, 5.41) is 4.25. The summed E-state index contributed by atoms with van der Waals surface area (Å²) in [6.07, 6.45) is 0. The van der Waals surface area contributed by atoms with Crippen molar-refractivity contribution in [2.75, 3.05) is 11.9 Å². The summed E-state index contributed by atoms with van der Waals surface area (Å²) in [5.74, 6) is 0. The summed E-state index contributed by atoms with van der Waals surface area (Å²) in [5.41, 5.74) is 5.03. The summed E-state index contributed by atoms with van der Waals surface area (Å²) in [6.45, 7) is 2.17. The molecule has 3 aromatic rings. The van der Waals surface area contributed by atoms with Gasteiger partial charge in [-0.25, -0.2) is 9.47 Å². The van der Waals surface area contributed by atoms with Crippen LogP contribution in [0.1, 0.15) is 22.9 Å². The molecule has 110 valence electrons. The van der Waals surface area contributed by atoms with Crippen LogP contribution < -0.4 is 9.47 Å². The molecule has 0 unspecified atom stereocenters. The number of thiazole rings is 1. The highest BCUT2D eigenvalue weighted by atomic mass is 35.5. The number of fused-ring (bicyclic) bond motifs is 2. The van der Waals surface area contributed by atoms with Gasteiger partial charge >= 0.3 is 5.13 Å². The highest BCUT2D eigenvalue weighted by Crippen LogP contribution is 2.41. The Hall–Kier alpha value is -1.84. The number of hydrogen-bond donors (Lipinski definition) is 0. The molecule has 2 nitrogen and oxygen atoms in total. The molecule has 0 bridgehead atoms. The molecule has 1 aromatic heterocycles. The van der Waals surface area contributed by atoms with Crippen LogP contribution in [-0.4, -0.2) is 7.05 Å². The smallest absolute Gasteiger partial charge is 0.220 e. The molecule has 2 heterocycles. The average molecular weight is 328 g/mol. The van der Waals surface area contributed by atoms with Gasteiger partial charge < -0.3 is 0 Å². The molecule has 0 saturated heterocycles. The van der Waals surface area contributed by atoms with Crippen molar-refractivity contribution in [3.8, 4) is 0 Å². The first-order chi connectivity index (χ1) is 10.7. The van der Waals surface area contributed by atoms with Gasteiger partial charge in [0.05, 0.1) is 7.05 Å². The molecule has 0 radical (unpaired) electrons. The Bertz CT molecular complexity index is 842. The summed E-state index contributed by atoms with van der Waals surface area (Å²) in [7, 11) is 2.12. The molecule has 0 fully saturated rings. The van der Waals surface area contributed by atoms with Crippen LogP contribution in [0.3, 0.4) is 0 Å². The molecule has 0 amide bonds. The highest BCUT2D eigenvalue weighted by Gasteiger charge is 2.38. The van der Waals surface area contributed by atoms with Gasteiger partial charge in [0.2, 0.25) is 0 Å². The number of rotatable bonds is 1. The van der Waals surface area contributed by atoms with Crippen LogP contribution in [-0.2, 0) is 0 Å². The fourth-order valence-corrected chi connectivity index (χ4v) is 4.40. The number of aromatic nitrogens is 1. The molecule has 0 aliphatic carbocycles. The minimum Gasteiger partial charge on any atom is -0.220 e. The third-order valence-corrected chi connectivity index (χ3v) is 5.60. The van der Waals surface area contributed by atoms with Gasteiger partial charge in [0.15, 0.2) is 6.04 Å². The number of aryl methyl sites for hydroxylation is 1. The van der Waals surface area contributed by atoms with Crippen LogP contribution in [0.15, 0.2) is 53.9 Å². The van der Waals surface area contributed by atoms with Crippen molar-refractivity contribution in [1.82, 2.24) is 0 Å². The minimum atomic E-state index is 0.173. The zero-order valence-corrected chi connectivity index (χ0v) is 14.0. The number of hydrogen-bond acceptors (Lipinski definition) is 2. The fourth-order valence-electron chi connectivity index (χ4n) is 3.21. The maximum absolute atomic E-state index is 6.29. The zero-order chi connectivity index (χ0) is 15.3. The summed E-state index contributed by atoms with van der Waals surface area (Å²) >= 11 is 8.07. The third-order valence-electron chi connectivity index (χ3n) is 4.23. The number of nitrogens with zero attached hydrogens (tertiary/aromatic N) is 2. The molecule has 0 spiro atoms. The van der Waals surface area contributed by atoms with Crippen molar-refractivity contribution >= 4 is 33.8 Å². The summed E-state index contributed by atoms with van der Waals surface area (Å²) < 4.78 is 2.40. The normalized spacial score (nSPS) is 16.3. The lowest BCUT2D eigenvalue weighted by Crippen LogP contribution is -2.48. The first-order valence-electron chi connectivity index (χ1n) is 7.24. The Morgan fingerprint density at radius 1 is 1.14 bits per heavy atom. The van der Waals surface area contributed by atoms with E-state index >= 15 is 0 Å². The van der Waals surface area contributed by atoms with Crippen molar-refractivity contribution < 1.29 is 4.57 Å². The van der Waals surface area contributed by atoms with Gasteiger partial charge in [-0.1, -0.05) is 53.3 Å². The van der Waals surface area contributed by atoms with E-state index in [1.54, 1.807) is 11.3 Å². The van der Waals surface area contributed by atoms with E-state index in [4.69, 9.17) is 11.6 Å². The second-order valence-corrected chi connectivity index (χ2v) is 6.88. The Morgan fingerprint density at radius 2 is 1.91 bits per heavy atom. The molecule has 1 atom stereocenters. The minimum absolute atomic E-state index is 0.173. The van der Waals surface area contributed by atoms with E-state index in [1.165, 1.54) is 27.6 Å². The van der Waals surface area contributed by atoms with Crippen LogP contribution in [0.25, 0.3) is 0 Å². The van der Waals surface area contributed by atoms with Crippen LogP contribution in [0.5, 0.6) is 0 Å². The van der Waals surface area contributed by atoms with Gasteiger partial charge in [-0.15, -0.1) is 0 Å². The van der Waals surface area contributed by atoms with E-state index < -0.39 is 0 Å². The molecule has 4 heteroatoms. The quantitative estimate of drug-likeness (QED) is 0.587. The van der Waals surface area contributed by atoms with E-state index in [1.807, 2.05) is 6.07 Å². The van der Waals surface area contributed by atoms with Gasteiger partial charge in [-0.2, -0.15) is 0 Å². The van der Waals surface area contributed by atoms with Gasteiger partial charge in [0, 0.05) is 21.5 Å². The van der Waals surface area contributed by atoms with Crippen molar-refractivity contribution in [2.24, 2.45) is 0 Å². The second kappa shape index (κ2) is 5.11. The molecule has 1 aliphatic rings. The summed E-state index contributed by atoms with van der Waals surface area (Å²) in [4.78, 5) is 2.25. The largest absolute Gasteiger partial charge is 0.341 e. The lowest BCUT2D eigenvalue weighted by molar-refractivity contribution is -0.695. The average Bonchev–Trinajstić information content (AvgIpc) is 2.91. The van der Waals surface area contributed by atoms with Crippen molar-refractivity contribution in [3.63, 3.8) is 0 Å². The molecule has 0 saturated carbocycles. The SMILES string of the molecule is Cc1csc2[n+]1[C@H](c1ccccc1)c1cc(Cl)ccc1N2C. The van der Waals surface area contributed by atoms with E-state index in [0.717, 1.165) is 5.02 Å². The third kappa shape index (κ3) is 1.97. The topological polar surface area (TPSA) is 7.12 Å². The Balaban J connectivity index is 2.03. The van der Waals surface area contributed by atoms with Gasteiger partial charge in [0.1, 0.15) is 11.4 Å². The molecule has 22 heavy (non-hydrogen) atoms. The second-order valence-electron chi connectivity index (χ2n) is 5.61. The van der Waals surface area contributed by atoms with Gasteiger partial charge in [0.25, 0.3) is 0 Å². The van der Waals surface area contributed by atoms with Crippen molar-refractivity contribution in [3.05, 3.63) is 75.8 Å². The first kappa shape index (κ1) is 13.8. The Morgan fingerprint density at radius 3 is 2.68 bits per heavy atom. The monoisotopic (exact) mass is 327 g/mol. The molecular formula is C18H16ClN2S+. The van der Waals surface area contributed by atoms with Crippen molar-refractivity contribution in [2.45, 2.75) is 13.0 Å². The van der Waals surface area contributed by atoms with Crippen LogP contribution in [0.2, 0.25) is 5.02 Å². The molecule has 2 aromatic carbocycles. The lowest BCUT2D eigenvalue weighted by atomic mass is 9.95. The maximum Gasteiger partial charge on any atom is 0.341 e. The summed E-state index contributed by atoms with van der Waals surface area (Å²) in [6, 6.07) is 17.0. The van der Waals surface area contributed by atoms with E-state index in [2.05, 4.69) is 71.3 Å². The van der Waals surface area contributed by atoms with Crippen molar-refractivity contribution in [1.29, 1.82) is 0 Å². The van der Waals surface area contributed by atoms with E-state index in [9.17, 15) is 0 Å². The highest BCUT2D eigenvalue weighted by molar-refractivity contribution is 7.13. The van der Waals surface area contributed by atoms with E-state index in [0.29, 0.717) is 0 Å². The lowest BCUT2D eigenvalue weighted by Gasteiger charge is -2.28. The van der Waals surface area contributed by atoms with E-state index in [-0.39, 0.29) is 6.04 Å². The van der Waals surface area contributed by atoms with Gasteiger partial charge in [-0.3, -0.25) is 0 Å². The standard InChI is InChI=1S/C18H16ClN2S/c1-12-11-22-18-20(2)16-9-8-14(19)10-15(16)17(21(12)18)13-6-4-3-5-7-13/h3-11,17H,1-2H3/q+1/t17-/m1/s1. The van der Waals surface area contributed by atoms with Crippen LogP contribution >= 0.6 is 22.9 Å². The first-order valence-corrected chi connectivity index (χ1v) is 8.50. The molecule has 4 rings (SSSR count). The molecule has 0 N–H and O–H groups in total. The predicted molar refractivity (Wildman–Crippen MR) is 92.4 cm³/mol. The number of halogens is 1. The predicted octanol–water partition coefficient (Wildman–Crippen LogP) is 4.72. The van der Waals surface area contributed by atoms with Gasteiger partial charge in [-0.05, 0) is 25.1 Å². The fraction of sp³-hybridized carbons (Fsp3) is 0.167. The molecule has 1 aliphatic heterocycles. The maximum atomic E-state index is 6.29. The van der Waals surface area contributed by atoms with Crippen LogP contribution in [0, 0.1) is 6.92 Å². The van der Waals surface area contributed by atoms with Crippen LogP contribution in [0.4, 0.5) is 10.8 Å². The number of anilines is 2.